The van der Waals surface area contributed by atoms with Crippen LogP contribution in [-0.4, -0.2) is 6.61 Å². The minimum atomic E-state index is 0.853. The number of hydrogen-bond acceptors (Lipinski definition) is 1. The highest BCUT2D eigenvalue weighted by Gasteiger charge is 2.30. The molecule has 1 nitrogen and oxygen atoms in total. The maximum atomic E-state index is 5.52. The van der Waals surface area contributed by atoms with E-state index < -0.39 is 0 Å². The van der Waals surface area contributed by atoms with Crippen LogP contribution in [0.2, 0.25) is 0 Å². The average molecular weight is 138 g/mol. The summed E-state index contributed by atoms with van der Waals surface area (Å²) in [5.74, 6) is 2.29. The van der Waals surface area contributed by atoms with Crippen LogP contribution >= 0.6 is 0 Å². The van der Waals surface area contributed by atoms with Crippen LogP contribution < -0.4 is 0 Å². The second-order valence-corrected chi connectivity index (χ2v) is 3.27. The summed E-state index contributed by atoms with van der Waals surface area (Å²) in [6, 6.07) is 0. The molecule has 0 amide bonds. The highest BCUT2D eigenvalue weighted by molar-refractivity contribution is 5.21. The second kappa shape index (κ2) is 2.30. The van der Waals surface area contributed by atoms with Gasteiger partial charge in [0.2, 0.25) is 0 Å². The van der Waals surface area contributed by atoms with Crippen molar-refractivity contribution in [2.75, 3.05) is 6.61 Å². The number of rotatable bonds is 2. The third-order valence-corrected chi connectivity index (χ3v) is 2.58. The Morgan fingerprint density at radius 2 is 2.40 bits per heavy atom. The first-order chi connectivity index (χ1) is 4.90. The fraction of sp³-hybridized carbons (Fsp3) is 0.778. The van der Waals surface area contributed by atoms with Gasteiger partial charge in [0, 0.05) is 6.42 Å². The topological polar surface area (TPSA) is 9.23 Å². The first-order valence-electron chi connectivity index (χ1n) is 4.24. The van der Waals surface area contributed by atoms with Gasteiger partial charge < -0.3 is 4.74 Å². The monoisotopic (exact) mass is 138 g/mol. The van der Waals surface area contributed by atoms with Gasteiger partial charge in [0.15, 0.2) is 0 Å². The molecule has 0 aromatic carbocycles. The number of allylic oxidation sites excluding steroid dienone is 2. The summed E-state index contributed by atoms with van der Waals surface area (Å²) >= 11 is 0. The lowest BCUT2D eigenvalue weighted by Gasteiger charge is -2.11. The quantitative estimate of drug-likeness (QED) is 0.569. The molecule has 0 aromatic heterocycles. The Hall–Kier alpha value is -0.460. The largest absolute Gasteiger partial charge is 0.498 e. The zero-order chi connectivity index (χ0) is 6.97. The molecule has 0 N–H and O–H groups in total. The molecular weight excluding hydrogens is 124 g/mol. The molecule has 0 radical (unpaired) electrons. The summed E-state index contributed by atoms with van der Waals surface area (Å²) in [7, 11) is 0. The summed E-state index contributed by atoms with van der Waals surface area (Å²) in [5.41, 5.74) is 1.62. The van der Waals surface area contributed by atoms with Crippen LogP contribution in [0.15, 0.2) is 11.3 Å². The van der Waals surface area contributed by atoms with Crippen molar-refractivity contribution < 1.29 is 4.74 Å². The van der Waals surface area contributed by atoms with Crippen LogP contribution in [0.1, 0.15) is 32.6 Å². The van der Waals surface area contributed by atoms with E-state index in [1.807, 2.05) is 0 Å². The van der Waals surface area contributed by atoms with Crippen molar-refractivity contribution in [3.8, 4) is 0 Å². The fourth-order valence-corrected chi connectivity index (χ4v) is 2.10. The third-order valence-electron chi connectivity index (χ3n) is 2.58. The lowest BCUT2D eigenvalue weighted by Crippen LogP contribution is -1.97. The number of ether oxygens (including phenoxy) is 1. The Bertz CT molecular complexity index is 170. The van der Waals surface area contributed by atoms with Crippen molar-refractivity contribution in [1.82, 2.24) is 0 Å². The van der Waals surface area contributed by atoms with E-state index in [0.29, 0.717) is 0 Å². The van der Waals surface area contributed by atoms with Crippen LogP contribution in [0, 0.1) is 5.92 Å². The van der Waals surface area contributed by atoms with Gasteiger partial charge in [-0.15, -0.1) is 0 Å². The van der Waals surface area contributed by atoms with Gasteiger partial charge in [0.05, 0.1) is 12.4 Å². The van der Waals surface area contributed by atoms with Crippen molar-refractivity contribution in [1.29, 1.82) is 0 Å². The molecule has 1 unspecified atom stereocenters. The molecule has 1 atom stereocenters. The van der Waals surface area contributed by atoms with E-state index in [2.05, 4.69) is 6.92 Å². The second-order valence-electron chi connectivity index (χ2n) is 3.27. The molecule has 10 heavy (non-hydrogen) atoms. The van der Waals surface area contributed by atoms with Crippen molar-refractivity contribution in [3.05, 3.63) is 11.3 Å². The smallest absolute Gasteiger partial charge is 0.0954 e. The summed E-state index contributed by atoms with van der Waals surface area (Å²) in [5, 5.41) is 0. The van der Waals surface area contributed by atoms with Crippen molar-refractivity contribution in [2.24, 2.45) is 5.92 Å². The fourth-order valence-electron chi connectivity index (χ4n) is 2.10. The minimum absolute atomic E-state index is 0.853. The Kier molecular flexibility index (Phi) is 1.44. The maximum absolute atomic E-state index is 5.52. The summed E-state index contributed by atoms with van der Waals surface area (Å²) in [6.07, 6.45) is 5.32. The van der Waals surface area contributed by atoms with Gasteiger partial charge in [-0.2, -0.15) is 0 Å². The van der Waals surface area contributed by atoms with Gasteiger partial charge in [-0.1, -0.05) is 0 Å². The van der Waals surface area contributed by atoms with E-state index in [1.54, 1.807) is 5.57 Å². The van der Waals surface area contributed by atoms with Gasteiger partial charge in [-0.05, 0) is 37.7 Å². The first-order valence-corrected chi connectivity index (χ1v) is 4.24. The van der Waals surface area contributed by atoms with Crippen LogP contribution in [-0.2, 0) is 4.74 Å². The Balaban J connectivity index is 2.08. The molecule has 0 aliphatic heterocycles. The predicted molar refractivity (Wildman–Crippen MR) is 40.6 cm³/mol. The first kappa shape index (κ1) is 6.26. The van der Waals surface area contributed by atoms with Crippen LogP contribution in [0.25, 0.3) is 0 Å². The molecule has 2 rings (SSSR count). The zero-order valence-corrected chi connectivity index (χ0v) is 6.52. The highest BCUT2D eigenvalue weighted by Crippen LogP contribution is 2.44. The lowest BCUT2D eigenvalue weighted by molar-refractivity contribution is 0.208. The molecule has 0 saturated heterocycles. The van der Waals surface area contributed by atoms with E-state index in [4.69, 9.17) is 4.74 Å². The minimum Gasteiger partial charge on any atom is -0.498 e. The highest BCUT2D eigenvalue weighted by atomic mass is 16.5. The average Bonchev–Trinajstić information content (AvgIpc) is 2.48. The number of hydrogen-bond donors (Lipinski definition) is 0. The molecule has 0 heterocycles. The van der Waals surface area contributed by atoms with Crippen LogP contribution in [0.3, 0.4) is 0 Å². The molecule has 56 valence electrons. The van der Waals surface area contributed by atoms with Crippen molar-refractivity contribution in [2.45, 2.75) is 32.6 Å². The number of fused-ring (bicyclic) bond motifs is 2. The molecule has 2 bridgehead atoms. The van der Waals surface area contributed by atoms with Gasteiger partial charge in [0.25, 0.3) is 0 Å². The SMILES string of the molecule is CCOC1=C2CCC(C2)C1. The molecule has 2 aliphatic carbocycles. The molecule has 1 saturated carbocycles. The van der Waals surface area contributed by atoms with Crippen LogP contribution in [0.5, 0.6) is 0 Å². The van der Waals surface area contributed by atoms with Gasteiger partial charge in [-0.3, -0.25) is 0 Å². The summed E-state index contributed by atoms with van der Waals surface area (Å²) < 4.78 is 5.52. The molecule has 0 aromatic rings. The van der Waals surface area contributed by atoms with E-state index in [-0.39, 0.29) is 0 Å². The molecule has 2 aliphatic rings. The van der Waals surface area contributed by atoms with E-state index in [1.165, 1.54) is 31.4 Å². The predicted octanol–water partition coefficient (Wildman–Crippen LogP) is 2.48. The lowest BCUT2D eigenvalue weighted by atomic mass is 10.1. The van der Waals surface area contributed by atoms with E-state index in [9.17, 15) is 0 Å². The van der Waals surface area contributed by atoms with Gasteiger partial charge in [-0.25, -0.2) is 0 Å². The molecule has 1 fully saturated rings. The third kappa shape index (κ3) is 0.845. The Morgan fingerprint density at radius 1 is 1.50 bits per heavy atom. The van der Waals surface area contributed by atoms with Gasteiger partial charge in [0.1, 0.15) is 0 Å². The maximum Gasteiger partial charge on any atom is 0.0954 e. The summed E-state index contributed by atoms with van der Waals surface area (Å²) in [6.45, 7) is 2.92. The van der Waals surface area contributed by atoms with E-state index in [0.717, 1.165) is 12.5 Å². The molecular formula is C9H14O. The zero-order valence-electron chi connectivity index (χ0n) is 6.52. The normalized spacial score (nSPS) is 29.9. The van der Waals surface area contributed by atoms with Gasteiger partial charge >= 0.3 is 0 Å². The summed E-state index contributed by atoms with van der Waals surface area (Å²) in [4.78, 5) is 0. The van der Waals surface area contributed by atoms with Crippen molar-refractivity contribution >= 4 is 0 Å². The van der Waals surface area contributed by atoms with Crippen molar-refractivity contribution in [3.63, 3.8) is 0 Å². The molecule has 1 heteroatoms. The molecule has 0 spiro atoms. The van der Waals surface area contributed by atoms with Crippen LogP contribution in [0.4, 0.5) is 0 Å². The standard InChI is InChI=1S/C9H14O/c1-2-10-9-6-7-3-4-8(9)5-7/h7H,2-6H2,1H3. The Labute approximate surface area is 62.1 Å². The van der Waals surface area contributed by atoms with E-state index >= 15 is 0 Å². The Morgan fingerprint density at radius 3 is 2.90 bits per heavy atom.